The second-order valence-corrected chi connectivity index (χ2v) is 2.55. The van der Waals surface area contributed by atoms with Crippen LogP contribution in [-0.2, 0) is 0 Å². The number of allylic oxidation sites excluding steroid dienone is 2. The van der Waals surface area contributed by atoms with Crippen LogP contribution in [0.5, 0.6) is 0 Å². The van der Waals surface area contributed by atoms with E-state index in [9.17, 15) is 0 Å². The van der Waals surface area contributed by atoms with E-state index in [-0.39, 0.29) is 0 Å². The van der Waals surface area contributed by atoms with Gasteiger partial charge in [0.2, 0.25) is 0 Å². The summed E-state index contributed by atoms with van der Waals surface area (Å²) in [6, 6.07) is 0. The molecule has 0 aliphatic heterocycles. The van der Waals surface area contributed by atoms with Crippen molar-refractivity contribution in [3.63, 3.8) is 0 Å². The summed E-state index contributed by atoms with van der Waals surface area (Å²) in [5.41, 5.74) is 7.75. The minimum atomic E-state index is 0.579. The Morgan fingerprint density at radius 3 is 2.33 bits per heavy atom. The molecule has 0 saturated heterocycles. The zero-order chi connectivity index (χ0) is 9.56. The molecule has 3 heteroatoms. The van der Waals surface area contributed by atoms with Gasteiger partial charge in [0, 0.05) is 29.4 Å². The Bertz CT molecular complexity index is 242. The summed E-state index contributed by atoms with van der Waals surface area (Å²) in [7, 11) is 0. The number of rotatable bonds is 3. The topological polar surface area (TPSA) is 62.2 Å². The SMILES string of the molecule is C/C=C(N)\C(C=N)=C/N=C(C)C. The highest BCUT2D eigenvalue weighted by Gasteiger charge is 1.93. The van der Waals surface area contributed by atoms with Crippen molar-refractivity contribution in [1.82, 2.24) is 0 Å². The Labute approximate surface area is 73.2 Å². The maximum Gasteiger partial charge on any atom is 0.0375 e. The predicted molar refractivity (Wildman–Crippen MR) is 53.6 cm³/mol. The third-order valence-electron chi connectivity index (χ3n) is 1.26. The highest BCUT2D eigenvalue weighted by Crippen LogP contribution is 2.00. The molecule has 0 rings (SSSR count). The fourth-order valence-electron chi connectivity index (χ4n) is 0.560. The molecule has 0 unspecified atom stereocenters. The van der Waals surface area contributed by atoms with Crippen molar-refractivity contribution < 1.29 is 0 Å². The number of hydrogen-bond donors (Lipinski definition) is 2. The molecule has 0 heterocycles. The van der Waals surface area contributed by atoms with Crippen molar-refractivity contribution in [2.45, 2.75) is 20.8 Å². The standard InChI is InChI=1S/C9H15N3/c1-4-9(11)8(5-10)6-12-7(2)3/h4-6,10H,11H2,1-3H3/b8-6-,9-4+,10-5?. The van der Waals surface area contributed by atoms with Gasteiger partial charge in [-0.15, -0.1) is 0 Å². The zero-order valence-electron chi connectivity index (χ0n) is 7.76. The average molecular weight is 165 g/mol. The minimum absolute atomic E-state index is 0.579. The molecule has 0 spiro atoms. The van der Waals surface area contributed by atoms with E-state index in [4.69, 9.17) is 11.1 Å². The third kappa shape index (κ3) is 3.71. The Morgan fingerprint density at radius 1 is 1.42 bits per heavy atom. The summed E-state index contributed by atoms with van der Waals surface area (Å²) in [6.45, 7) is 5.61. The van der Waals surface area contributed by atoms with Crippen LogP contribution in [0.3, 0.4) is 0 Å². The third-order valence-corrected chi connectivity index (χ3v) is 1.26. The van der Waals surface area contributed by atoms with Crippen LogP contribution in [0.1, 0.15) is 20.8 Å². The fourth-order valence-corrected chi connectivity index (χ4v) is 0.560. The van der Waals surface area contributed by atoms with E-state index in [2.05, 4.69) is 4.99 Å². The van der Waals surface area contributed by atoms with Gasteiger partial charge in [0.05, 0.1) is 0 Å². The molecule has 0 atom stereocenters. The first kappa shape index (κ1) is 10.6. The van der Waals surface area contributed by atoms with E-state index >= 15 is 0 Å². The summed E-state index contributed by atoms with van der Waals surface area (Å²) in [5.74, 6) is 0. The van der Waals surface area contributed by atoms with Crippen molar-refractivity contribution in [1.29, 1.82) is 5.41 Å². The molecule has 3 nitrogen and oxygen atoms in total. The number of nitrogens with two attached hydrogens (primary N) is 1. The van der Waals surface area contributed by atoms with Crippen molar-refractivity contribution in [3.8, 4) is 0 Å². The lowest BCUT2D eigenvalue weighted by molar-refractivity contribution is 1.32. The normalized spacial score (nSPS) is 12.6. The van der Waals surface area contributed by atoms with Crippen molar-refractivity contribution >= 4 is 11.9 Å². The Kier molecular flexibility index (Phi) is 4.69. The molecule has 0 aromatic rings. The first-order chi connectivity index (χ1) is 5.61. The molecular formula is C9H15N3. The zero-order valence-corrected chi connectivity index (χ0v) is 7.76. The molecule has 0 aromatic carbocycles. The first-order valence-electron chi connectivity index (χ1n) is 3.75. The number of nitrogens with one attached hydrogen (secondary N) is 1. The molecular weight excluding hydrogens is 150 g/mol. The van der Waals surface area contributed by atoms with Gasteiger partial charge in [-0.3, -0.25) is 4.99 Å². The van der Waals surface area contributed by atoms with Gasteiger partial charge < -0.3 is 11.1 Å². The summed E-state index contributed by atoms with van der Waals surface area (Å²) in [4.78, 5) is 4.05. The Hall–Kier alpha value is -1.38. The maximum absolute atomic E-state index is 7.05. The summed E-state index contributed by atoms with van der Waals surface area (Å²) >= 11 is 0. The van der Waals surface area contributed by atoms with E-state index in [1.165, 1.54) is 6.21 Å². The summed E-state index contributed by atoms with van der Waals surface area (Å²) < 4.78 is 0. The fraction of sp³-hybridized carbons (Fsp3) is 0.333. The van der Waals surface area contributed by atoms with E-state index in [1.807, 2.05) is 20.8 Å². The molecule has 0 amide bonds. The van der Waals surface area contributed by atoms with Crippen LogP contribution in [0.15, 0.2) is 28.5 Å². The molecule has 0 aliphatic carbocycles. The van der Waals surface area contributed by atoms with Gasteiger partial charge in [0.25, 0.3) is 0 Å². The molecule has 0 saturated carbocycles. The van der Waals surface area contributed by atoms with Crippen LogP contribution < -0.4 is 5.73 Å². The quantitative estimate of drug-likeness (QED) is 0.486. The van der Waals surface area contributed by atoms with Gasteiger partial charge in [-0.2, -0.15) is 0 Å². The van der Waals surface area contributed by atoms with Crippen LogP contribution in [0.4, 0.5) is 0 Å². The lowest BCUT2D eigenvalue weighted by Crippen LogP contribution is -2.01. The average Bonchev–Trinajstić information content (AvgIpc) is 2.04. The number of aliphatic imine (C=N–C) groups is 1. The van der Waals surface area contributed by atoms with E-state index in [0.29, 0.717) is 11.3 Å². The van der Waals surface area contributed by atoms with Gasteiger partial charge in [-0.25, -0.2) is 0 Å². The number of nitrogens with zero attached hydrogens (tertiary/aromatic N) is 1. The highest BCUT2D eigenvalue weighted by molar-refractivity contribution is 5.84. The Balaban J connectivity index is 4.67. The van der Waals surface area contributed by atoms with Crippen LogP contribution in [-0.4, -0.2) is 11.9 Å². The van der Waals surface area contributed by atoms with Crippen molar-refractivity contribution in [2.24, 2.45) is 10.7 Å². The predicted octanol–water partition coefficient (Wildman–Crippen LogP) is 1.86. The Morgan fingerprint density at radius 2 is 2.00 bits per heavy atom. The molecule has 0 aromatic heterocycles. The molecule has 12 heavy (non-hydrogen) atoms. The second-order valence-electron chi connectivity index (χ2n) is 2.55. The molecule has 0 radical (unpaired) electrons. The molecule has 0 fully saturated rings. The number of hydrogen-bond acceptors (Lipinski definition) is 3. The first-order valence-corrected chi connectivity index (χ1v) is 3.75. The molecule has 0 aliphatic rings. The van der Waals surface area contributed by atoms with Crippen LogP contribution in [0, 0.1) is 5.41 Å². The lowest BCUT2D eigenvalue weighted by atomic mass is 10.2. The van der Waals surface area contributed by atoms with Crippen LogP contribution in [0.25, 0.3) is 0 Å². The maximum atomic E-state index is 7.05. The highest BCUT2D eigenvalue weighted by atomic mass is 14.7. The van der Waals surface area contributed by atoms with Gasteiger partial charge >= 0.3 is 0 Å². The molecule has 66 valence electrons. The molecule has 3 N–H and O–H groups in total. The van der Waals surface area contributed by atoms with Gasteiger partial charge in [-0.05, 0) is 20.8 Å². The summed E-state index contributed by atoms with van der Waals surface area (Å²) in [6.07, 6.45) is 4.54. The van der Waals surface area contributed by atoms with E-state index in [1.54, 1.807) is 12.3 Å². The van der Waals surface area contributed by atoms with Crippen LogP contribution >= 0.6 is 0 Å². The monoisotopic (exact) mass is 165 g/mol. The minimum Gasteiger partial charge on any atom is -0.398 e. The van der Waals surface area contributed by atoms with Gasteiger partial charge in [0.15, 0.2) is 0 Å². The lowest BCUT2D eigenvalue weighted by Gasteiger charge is -1.97. The summed E-state index contributed by atoms with van der Waals surface area (Å²) in [5, 5.41) is 7.05. The van der Waals surface area contributed by atoms with Crippen LogP contribution in [0.2, 0.25) is 0 Å². The van der Waals surface area contributed by atoms with E-state index in [0.717, 1.165) is 5.71 Å². The second kappa shape index (κ2) is 5.29. The largest absolute Gasteiger partial charge is 0.398 e. The van der Waals surface area contributed by atoms with Crippen molar-refractivity contribution in [2.75, 3.05) is 0 Å². The smallest absolute Gasteiger partial charge is 0.0375 e. The van der Waals surface area contributed by atoms with E-state index < -0.39 is 0 Å². The molecule has 0 bridgehead atoms. The van der Waals surface area contributed by atoms with Crippen molar-refractivity contribution in [3.05, 3.63) is 23.5 Å². The van der Waals surface area contributed by atoms with Gasteiger partial charge in [-0.1, -0.05) is 6.08 Å². The van der Waals surface area contributed by atoms with Gasteiger partial charge in [0.1, 0.15) is 0 Å².